The van der Waals surface area contributed by atoms with E-state index < -0.39 is 0 Å². The predicted octanol–water partition coefficient (Wildman–Crippen LogP) is 1.54. The molecular weight excluding hydrogens is 232 g/mol. The third-order valence-electron chi connectivity index (χ3n) is 2.59. The van der Waals surface area contributed by atoms with Crippen LogP contribution in [0.25, 0.3) is 0 Å². The van der Waals surface area contributed by atoms with E-state index in [9.17, 15) is 4.79 Å². The smallest absolute Gasteiger partial charge is 0.234 e. The van der Waals surface area contributed by atoms with Gasteiger partial charge in [-0.3, -0.25) is 10.2 Å². The van der Waals surface area contributed by atoms with Crippen LogP contribution in [-0.2, 0) is 4.79 Å². The third-order valence-corrected chi connectivity index (χ3v) is 2.59. The molecule has 1 amide bonds. The number of hydrazine groups is 1. The Hall–Kier alpha value is -1.75. The minimum Gasteiger partial charge on any atom is -0.493 e. The lowest BCUT2D eigenvalue weighted by molar-refractivity contribution is -0.121. The molecule has 0 saturated carbocycles. The summed E-state index contributed by atoms with van der Waals surface area (Å²) in [6, 6.07) is 5.74. The fourth-order valence-electron chi connectivity index (χ4n) is 1.55. The molecule has 0 aliphatic heterocycles. The van der Waals surface area contributed by atoms with E-state index in [1.807, 2.05) is 32.0 Å². The van der Waals surface area contributed by atoms with E-state index in [4.69, 9.17) is 15.3 Å². The van der Waals surface area contributed by atoms with Gasteiger partial charge in [-0.15, -0.1) is 0 Å². The van der Waals surface area contributed by atoms with Crippen LogP contribution in [0.3, 0.4) is 0 Å². The van der Waals surface area contributed by atoms with Gasteiger partial charge in [0.1, 0.15) is 0 Å². The number of carbonyl (C=O) groups excluding carboxylic acids is 1. The lowest BCUT2D eigenvalue weighted by Crippen LogP contribution is -2.30. The molecule has 100 valence electrons. The summed E-state index contributed by atoms with van der Waals surface area (Å²) in [5.41, 5.74) is 3.20. The molecule has 3 N–H and O–H groups in total. The van der Waals surface area contributed by atoms with E-state index in [-0.39, 0.29) is 12.0 Å². The molecule has 5 heteroatoms. The molecule has 5 nitrogen and oxygen atoms in total. The highest BCUT2D eigenvalue weighted by Gasteiger charge is 2.10. The van der Waals surface area contributed by atoms with Crippen LogP contribution in [0.15, 0.2) is 18.2 Å². The van der Waals surface area contributed by atoms with Crippen molar-refractivity contribution in [2.45, 2.75) is 32.8 Å². The molecule has 0 aliphatic carbocycles. The molecule has 0 radical (unpaired) electrons. The van der Waals surface area contributed by atoms with Crippen LogP contribution in [0.2, 0.25) is 0 Å². The minimum atomic E-state index is -0.193. The Kier molecular flexibility index (Phi) is 5.45. The van der Waals surface area contributed by atoms with Gasteiger partial charge in [0.05, 0.1) is 13.2 Å². The van der Waals surface area contributed by atoms with Gasteiger partial charge >= 0.3 is 0 Å². The number of ether oxygens (including phenoxy) is 2. The highest BCUT2D eigenvalue weighted by atomic mass is 16.5. The number of nitrogens with one attached hydrogen (secondary N) is 1. The summed E-state index contributed by atoms with van der Waals surface area (Å²) in [6.45, 7) is 3.89. The number of hydrogen-bond acceptors (Lipinski definition) is 4. The van der Waals surface area contributed by atoms with E-state index in [1.54, 1.807) is 7.11 Å². The zero-order valence-corrected chi connectivity index (χ0v) is 11.0. The summed E-state index contributed by atoms with van der Waals surface area (Å²) < 4.78 is 11.0. The fourth-order valence-corrected chi connectivity index (χ4v) is 1.55. The molecule has 1 rings (SSSR count). The Bertz CT molecular complexity index is 407. The number of amides is 1. The van der Waals surface area contributed by atoms with Gasteiger partial charge in [-0.2, -0.15) is 0 Å². The zero-order chi connectivity index (χ0) is 13.5. The Morgan fingerprint density at radius 2 is 2.17 bits per heavy atom. The molecular formula is C13H20N2O3. The van der Waals surface area contributed by atoms with Crippen molar-refractivity contribution in [3.63, 3.8) is 0 Å². The van der Waals surface area contributed by atoms with Crippen molar-refractivity contribution >= 4 is 5.91 Å². The first-order chi connectivity index (χ1) is 8.56. The second-order valence-electron chi connectivity index (χ2n) is 4.19. The topological polar surface area (TPSA) is 73.6 Å². The first-order valence-electron chi connectivity index (χ1n) is 5.87. The van der Waals surface area contributed by atoms with E-state index in [0.29, 0.717) is 24.3 Å². The Morgan fingerprint density at radius 3 is 2.78 bits per heavy atom. The lowest BCUT2D eigenvalue weighted by atomic mass is 10.2. The molecule has 18 heavy (non-hydrogen) atoms. The lowest BCUT2D eigenvalue weighted by Gasteiger charge is -2.16. The van der Waals surface area contributed by atoms with Crippen molar-refractivity contribution < 1.29 is 14.3 Å². The number of carbonyl (C=O) groups is 1. The summed E-state index contributed by atoms with van der Waals surface area (Å²) in [7, 11) is 1.61. The summed E-state index contributed by atoms with van der Waals surface area (Å²) in [5, 5.41) is 0. The van der Waals surface area contributed by atoms with Crippen molar-refractivity contribution in [1.29, 1.82) is 0 Å². The maximum Gasteiger partial charge on any atom is 0.234 e. The van der Waals surface area contributed by atoms with Crippen molar-refractivity contribution in [2.75, 3.05) is 7.11 Å². The van der Waals surface area contributed by atoms with Crippen LogP contribution in [-0.4, -0.2) is 19.1 Å². The van der Waals surface area contributed by atoms with Gasteiger partial charge in [0, 0.05) is 6.42 Å². The van der Waals surface area contributed by atoms with Crippen LogP contribution in [0.1, 0.15) is 25.3 Å². The SMILES string of the molecule is COc1cc(C)ccc1OC(C)CCC(=O)NN. The normalized spacial score (nSPS) is 11.8. The number of hydrogen-bond donors (Lipinski definition) is 2. The summed E-state index contributed by atoms with van der Waals surface area (Å²) >= 11 is 0. The minimum absolute atomic E-state index is 0.0843. The molecule has 1 aromatic rings. The average Bonchev–Trinajstić information content (AvgIpc) is 2.37. The van der Waals surface area contributed by atoms with Crippen molar-refractivity contribution in [1.82, 2.24) is 5.43 Å². The van der Waals surface area contributed by atoms with Crippen molar-refractivity contribution in [3.05, 3.63) is 23.8 Å². The van der Waals surface area contributed by atoms with Crippen LogP contribution in [0.4, 0.5) is 0 Å². The van der Waals surface area contributed by atoms with Gasteiger partial charge in [0.15, 0.2) is 11.5 Å². The van der Waals surface area contributed by atoms with Crippen LogP contribution >= 0.6 is 0 Å². The molecule has 0 bridgehead atoms. The first kappa shape index (κ1) is 14.3. The standard InChI is InChI=1S/C13H20N2O3/c1-9-4-6-11(12(8-9)17-3)18-10(2)5-7-13(16)15-14/h4,6,8,10H,5,7,14H2,1-3H3,(H,15,16). The highest BCUT2D eigenvalue weighted by molar-refractivity contribution is 5.75. The Morgan fingerprint density at radius 1 is 1.44 bits per heavy atom. The molecule has 1 atom stereocenters. The van der Waals surface area contributed by atoms with Crippen LogP contribution < -0.4 is 20.7 Å². The molecule has 0 fully saturated rings. The predicted molar refractivity (Wildman–Crippen MR) is 69.4 cm³/mol. The summed E-state index contributed by atoms with van der Waals surface area (Å²) in [6.07, 6.45) is 0.852. The van der Waals surface area contributed by atoms with Gasteiger partial charge in [-0.05, 0) is 38.0 Å². The number of rotatable bonds is 6. The van der Waals surface area contributed by atoms with Gasteiger partial charge in [0.25, 0.3) is 0 Å². The molecule has 0 saturated heterocycles. The number of benzene rings is 1. The third kappa shape index (κ3) is 4.25. The maximum absolute atomic E-state index is 11.0. The van der Waals surface area contributed by atoms with Gasteiger partial charge in [0.2, 0.25) is 5.91 Å². The first-order valence-corrected chi connectivity index (χ1v) is 5.87. The average molecular weight is 252 g/mol. The quantitative estimate of drug-likeness (QED) is 0.457. The Labute approximate surface area is 107 Å². The van der Waals surface area contributed by atoms with E-state index >= 15 is 0 Å². The van der Waals surface area contributed by atoms with Crippen LogP contribution in [0, 0.1) is 6.92 Å². The molecule has 1 unspecified atom stereocenters. The fraction of sp³-hybridized carbons (Fsp3) is 0.462. The second kappa shape index (κ2) is 6.86. The summed E-state index contributed by atoms with van der Waals surface area (Å²) in [4.78, 5) is 11.0. The van der Waals surface area contributed by atoms with Crippen molar-refractivity contribution in [2.24, 2.45) is 5.84 Å². The van der Waals surface area contributed by atoms with Gasteiger partial charge in [-0.25, -0.2) is 5.84 Å². The molecule has 1 aromatic carbocycles. The van der Waals surface area contributed by atoms with E-state index in [2.05, 4.69) is 5.43 Å². The molecule has 0 aromatic heterocycles. The Balaban J connectivity index is 2.58. The molecule has 0 aliphatic rings. The monoisotopic (exact) mass is 252 g/mol. The van der Waals surface area contributed by atoms with Crippen LogP contribution in [0.5, 0.6) is 11.5 Å². The number of aryl methyl sites for hydroxylation is 1. The van der Waals surface area contributed by atoms with Crippen molar-refractivity contribution in [3.8, 4) is 11.5 Å². The van der Waals surface area contributed by atoms with E-state index in [1.165, 1.54) is 0 Å². The van der Waals surface area contributed by atoms with Gasteiger partial charge < -0.3 is 9.47 Å². The maximum atomic E-state index is 11.0. The number of nitrogens with two attached hydrogens (primary N) is 1. The largest absolute Gasteiger partial charge is 0.493 e. The molecule has 0 heterocycles. The van der Waals surface area contributed by atoms with Gasteiger partial charge in [-0.1, -0.05) is 6.07 Å². The number of methoxy groups -OCH3 is 1. The second-order valence-corrected chi connectivity index (χ2v) is 4.19. The summed E-state index contributed by atoms with van der Waals surface area (Å²) in [5.74, 6) is 6.20. The highest BCUT2D eigenvalue weighted by Crippen LogP contribution is 2.29. The van der Waals surface area contributed by atoms with E-state index in [0.717, 1.165) is 5.56 Å². The zero-order valence-electron chi connectivity index (χ0n) is 11.0. The molecule has 0 spiro atoms.